The highest BCUT2D eigenvalue weighted by atomic mass is 35.5. The van der Waals surface area contributed by atoms with Crippen molar-refractivity contribution >= 4 is 40.6 Å². The normalized spacial score (nSPS) is 16.5. The number of halogens is 1. The van der Waals surface area contributed by atoms with Crippen molar-refractivity contribution in [1.82, 2.24) is 15.2 Å². The molecular formula is C12H18ClN3OS2. The Morgan fingerprint density at radius 3 is 2.95 bits per heavy atom. The van der Waals surface area contributed by atoms with E-state index >= 15 is 0 Å². The van der Waals surface area contributed by atoms with Crippen LogP contribution in [0.25, 0.3) is 0 Å². The Morgan fingerprint density at radius 1 is 1.47 bits per heavy atom. The van der Waals surface area contributed by atoms with E-state index in [0.29, 0.717) is 12.3 Å². The zero-order valence-electron chi connectivity index (χ0n) is 10.7. The van der Waals surface area contributed by atoms with E-state index in [9.17, 15) is 4.79 Å². The largest absolute Gasteiger partial charge is 0.354 e. The minimum atomic E-state index is 0.0434. The highest BCUT2D eigenvalue weighted by Crippen LogP contribution is 2.12. The number of alkyl halides is 1. The molecule has 1 amide bonds. The lowest BCUT2D eigenvalue weighted by atomic mass is 10.4. The number of carbonyl (C=O) groups is 1. The average Bonchev–Trinajstić information content (AvgIpc) is 2.87. The summed E-state index contributed by atoms with van der Waals surface area (Å²) in [5.41, 5.74) is 0.847. The quantitative estimate of drug-likeness (QED) is 0.809. The van der Waals surface area contributed by atoms with Crippen LogP contribution in [0.15, 0.2) is 5.38 Å². The van der Waals surface area contributed by atoms with Gasteiger partial charge in [0.2, 0.25) is 5.91 Å². The van der Waals surface area contributed by atoms with Crippen LogP contribution in [0.1, 0.15) is 10.7 Å². The average molecular weight is 320 g/mol. The van der Waals surface area contributed by atoms with E-state index in [0.717, 1.165) is 36.9 Å². The van der Waals surface area contributed by atoms with Crippen molar-refractivity contribution in [1.29, 1.82) is 0 Å². The number of amides is 1. The molecule has 19 heavy (non-hydrogen) atoms. The molecular weight excluding hydrogens is 302 g/mol. The fourth-order valence-electron chi connectivity index (χ4n) is 1.87. The first kappa shape index (κ1) is 15.1. The number of carbonyl (C=O) groups excluding carboxylic acids is 1. The Hall–Kier alpha value is -0.300. The highest BCUT2D eigenvalue weighted by Gasteiger charge is 2.11. The predicted molar refractivity (Wildman–Crippen MR) is 82.1 cm³/mol. The van der Waals surface area contributed by atoms with Gasteiger partial charge in [0.1, 0.15) is 5.01 Å². The van der Waals surface area contributed by atoms with Gasteiger partial charge < -0.3 is 5.32 Å². The van der Waals surface area contributed by atoms with Crippen LogP contribution in [-0.2, 0) is 17.1 Å². The maximum Gasteiger partial charge on any atom is 0.226 e. The monoisotopic (exact) mass is 319 g/mol. The van der Waals surface area contributed by atoms with Crippen LogP contribution in [0.5, 0.6) is 0 Å². The van der Waals surface area contributed by atoms with Gasteiger partial charge in [-0.05, 0) is 0 Å². The third-order valence-corrected chi connectivity index (χ3v) is 5.02. The zero-order valence-corrected chi connectivity index (χ0v) is 13.1. The summed E-state index contributed by atoms with van der Waals surface area (Å²) in [4.78, 5) is 18.4. The fraction of sp³-hybridized carbons (Fsp3) is 0.667. The molecule has 0 bridgehead atoms. The molecule has 4 nitrogen and oxygen atoms in total. The number of nitrogens with zero attached hydrogens (tertiary/aromatic N) is 2. The molecule has 0 unspecified atom stereocenters. The van der Waals surface area contributed by atoms with Crippen molar-refractivity contribution in [2.45, 2.75) is 12.3 Å². The van der Waals surface area contributed by atoms with Crippen LogP contribution in [0, 0.1) is 0 Å². The summed E-state index contributed by atoms with van der Waals surface area (Å²) >= 11 is 9.18. The van der Waals surface area contributed by atoms with Gasteiger partial charge in [0, 0.05) is 43.1 Å². The van der Waals surface area contributed by atoms with Gasteiger partial charge in [0.15, 0.2) is 0 Å². The van der Waals surface area contributed by atoms with Crippen molar-refractivity contribution < 1.29 is 4.79 Å². The van der Waals surface area contributed by atoms with Gasteiger partial charge in [-0.3, -0.25) is 9.69 Å². The maximum atomic E-state index is 11.8. The number of hydrogen-bond acceptors (Lipinski definition) is 5. The summed E-state index contributed by atoms with van der Waals surface area (Å²) in [6.45, 7) is 3.92. The molecule has 0 saturated carbocycles. The summed E-state index contributed by atoms with van der Waals surface area (Å²) in [6.07, 6.45) is 0.359. The van der Waals surface area contributed by atoms with Crippen LogP contribution in [-0.4, -0.2) is 53.5 Å². The Balaban J connectivity index is 1.63. The third kappa shape index (κ3) is 5.30. The molecule has 1 aromatic rings. The van der Waals surface area contributed by atoms with Crippen LogP contribution in [0.4, 0.5) is 0 Å². The SMILES string of the molecule is O=C(Cc1nc(CCl)cs1)NCCN1CCSCC1. The minimum Gasteiger partial charge on any atom is -0.354 e. The molecule has 1 aliphatic heterocycles. The summed E-state index contributed by atoms with van der Waals surface area (Å²) in [7, 11) is 0. The third-order valence-electron chi connectivity index (χ3n) is 2.90. The van der Waals surface area contributed by atoms with Gasteiger partial charge in [0.25, 0.3) is 0 Å². The number of rotatable bonds is 6. The topological polar surface area (TPSA) is 45.2 Å². The van der Waals surface area contributed by atoms with E-state index < -0.39 is 0 Å². The Morgan fingerprint density at radius 2 is 2.26 bits per heavy atom. The standard InChI is InChI=1S/C12H18ClN3OS2/c13-8-10-9-19-12(15-10)7-11(17)14-1-2-16-3-5-18-6-4-16/h9H,1-8H2,(H,14,17). The number of thiazole rings is 1. The number of hydrogen-bond donors (Lipinski definition) is 1. The summed E-state index contributed by atoms with van der Waals surface area (Å²) in [6, 6.07) is 0. The maximum absolute atomic E-state index is 11.8. The molecule has 2 rings (SSSR count). The van der Waals surface area contributed by atoms with Crippen LogP contribution >= 0.6 is 34.7 Å². The predicted octanol–water partition coefficient (Wildman–Crippen LogP) is 1.59. The van der Waals surface area contributed by atoms with Crippen LogP contribution in [0.3, 0.4) is 0 Å². The molecule has 1 aromatic heterocycles. The van der Waals surface area contributed by atoms with Crippen molar-refractivity contribution in [3.63, 3.8) is 0 Å². The van der Waals surface area contributed by atoms with E-state index in [1.54, 1.807) is 0 Å². The molecule has 1 saturated heterocycles. The van der Waals surface area contributed by atoms with E-state index in [-0.39, 0.29) is 5.91 Å². The van der Waals surface area contributed by atoms with Crippen molar-refractivity contribution in [3.05, 3.63) is 16.1 Å². The second kappa shape index (κ2) is 8.09. The molecule has 0 aliphatic carbocycles. The number of aromatic nitrogens is 1. The first-order chi connectivity index (χ1) is 9.28. The van der Waals surface area contributed by atoms with Crippen LogP contribution in [0.2, 0.25) is 0 Å². The van der Waals surface area contributed by atoms with Gasteiger partial charge in [0.05, 0.1) is 18.0 Å². The first-order valence-corrected chi connectivity index (χ1v) is 8.91. The Labute approximate surface area is 126 Å². The van der Waals surface area contributed by atoms with Crippen molar-refractivity contribution in [2.24, 2.45) is 0 Å². The van der Waals surface area contributed by atoms with Gasteiger partial charge in [-0.1, -0.05) is 0 Å². The molecule has 1 N–H and O–H groups in total. The number of nitrogens with one attached hydrogen (secondary N) is 1. The summed E-state index contributed by atoms with van der Waals surface area (Å²) in [5, 5.41) is 5.69. The molecule has 0 spiro atoms. The second-order valence-corrected chi connectivity index (χ2v) is 6.78. The lowest BCUT2D eigenvalue weighted by Gasteiger charge is -2.25. The van der Waals surface area contributed by atoms with E-state index in [1.165, 1.54) is 22.8 Å². The zero-order chi connectivity index (χ0) is 13.5. The highest BCUT2D eigenvalue weighted by molar-refractivity contribution is 7.99. The molecule has 106 valence electrons. The molecule has 7 heteroatoms. The van der Waals surface area contributed by atoms with E-state index in [1.807, 2.05) is 17.1 Å². The summed E-state index contributed by atoms with van der Waals surface area (Å²) < 4.78 is 0. The molecule has 2 heterocycles. The second-order valence-electron chi connectivity index (χ2n) is 4.35. The lowest BCUT2D eigenvalue weighted by Crippen LogP contribution is -2.39. The van der Waals surface area contributed by atoms with Gasteiger partial charge in [-0.15, -0.1) is 22.9 Å². The molecule has 0 atom stereocenters. The molecule has 1 fully saturated rings. The van der Waals surface area contributed by atoms with Gasteiger partial charge in [-0.2, -0.15) is 11.8 Å². The van der Waals surface area contributed by atoms with E-state index in [4.69, 9.17) is 11.6 Å². The fourth-order valence-corrected chi connectivity index (χ4v) is 3.87. The Bertz CT molecular complexity index is 407. The smallest absolute Gasteiger partial charge is 0.226 e. The molecule has 0 radical (unpaired) electrons. The van der Waals surface area contributed by atoms with Crippen LogP contribution < -0.4 is 5.32 Å². The number of thioether (sulfide) groups is 1. The summed E-state index contributed by atoms with van der Waals surface area (Å²) in [5.74, 6) is 2.86. The Kier molecular flexibility index (Phi) is 6.43. The molecule has 1 aliphatic rings. The first-order valence-electron chi connectivity index (χ1n) is 6.34. The van der Waals surface area contributed by atoms with Gasteiger partial charge >= 0.3 is 0 Å². The van der Waals surface area contributed by atoms with Crippen molar-refractivity contribution in [3.8, 4) is 0 Å². The van der Waals surface area contributed by atoms with Crippen molar-refractivity contribution in [2.75, 3.05) is 37.7 Å². The van der Waals surface area contributed by atoms with E-state index in [2.05, 4.69) is 15.2 Å². The van der Waals surface area contributed by atoms with Gasteiger partial charge in [-0.25, -0.2) is 4.98 Å². The lowest BCUT2D eigenvalue weighted by molar-refractivity contribution is -0.120. The molecule has 0 aromatic carbocycles. The minimum absolute atomic E-state index is 0.0434.